The summed E-state index contributed by atoms with van der Waals surface area (Å²) in [4.78, 5) is 0. The fourth-order valence-electron chi connectivity index (χ4n) is 1.09. The molecule has 0 spiro atoms. The van der Waals surface area contributed by atoms with Crippen LogP contribution in [-0.2, 0) is 0 Å². The first-order chi connectivity index (χ1) is 6.77. The average molecular weight is 215 g/mol. The van der Waals surface area contributed by atoms with Crippen molar-refractivity contribution in [1.29, 1.82) is 0 Å². The van der Waals surface area contributed by atoms with Crippen molar-refractivity contribution in [2.75, 3.05) is 25.5 Å². The topological polar surface area (TPSA) is 47.3 Å². The van der Waals surface area contributed by atoms with Crippen LogP contribution in [0.5, 0.6) is 5.75 Å². The predicted octanol–water partition coefficient (Wildman–Crippen LogP) is 2.11. The van der Waals surface area contributed by atoms with E-state index < -0.39 is 0 Å². The lowest BCUT2D eigenvalue weighted by molar-refractivity contribution is 0.415. The second kappa shape index (κ2) is 5.73. The Kier molecular flexibility index (Phi) is 4.56. The third-order valence-electron chi connectivity index (χ3n) is 1.87. The quantitative estimate of drug-likeness (QED) is 0.739. The van der Waals surface area contributed by atoms with Crippen molar-refractivity contribution in [3.8, 4) is 5.75 Å². The van der Waals surface area contributed by atoms with Gasteiger partial charge in [-0.15, -0.1) is 0 Å². The third kappa shape index (κ3) is 3.09. The largest absolute Gasteiger partial charge is 0.497 e. The minimum absolute atomic E-state index is 0.668. The van der Waals surface area contributed by atoms with Gasteiger partial charge in [0.25, 0.3) is 0 Å². The maximum atomic E-state index is 6.01. The van der Waals surface area contributed by atoms with Crippen molar-refractivity contribution < 1.29 is 4.74 Å². The molecular formula is C10H15ClN2O. The van der Waals surface area contributed by atoms with Crippen LogP contribution in [0.2, 0.25) is 5.02 Å². The molecule has 1 aromatic rings. The molecule has 4 heteroatoms. The van der Waals surface area contributed by atoms with Crippen LogP contribution in [0.4, 0.5) is 5.69 Å². The Morgan fingerprint density at radius 1 is 1.50 bits per heavy atom. The molecule has 78 valence electrons. The lowest BCUT2D eigenvalue weighted by atomic mass is 10.3. The number of benzene rings is 1. The first-order valence-electron chi connectivity index (χ1n) is 4.55. The number of ether oxygens (including phenoxy) is 1. The van der Waals surface area contributed by atoms with E-state index in [2.05, 4.69) is 5.32 Å². The molecule has 0 saturated heterocycles. The van der Waals surface area contributed by atoms with Crippen LogP contribution in [0, 0.1) is 0 Å². The van der Waals surface area contributed by atoms with Crippen molar-refractivity contribution in [1.82, 2.24) is 0 Å². The van der Waals surface area contributed by atoms with Crippen molar-refractivity contribution in [2.24, 2.45) is 5.73 Å². The number of methoxy groups -OCH3 is 1. The van der Waals surface area contributed by atoms with Crippen molar-refractivity contribution in [2.45, 2.75) is 6.42 Å². The van der Waals surface area contributed by atoms with E-state index in [-0.39, 0.29) is 0 Å². The molecule has 0 fully saturated rings. The summed E-state index contributed by atoms with van der Waals surface area (Å²) in [6, 6.07) is 5.56. The molecule has 0 aliphatic carbocycles. The van der Waals surface area contributed by atoms with Crippen molar-refractivity contribution in [3.05, 3.63) is 23.2 Å². The van der Waals surface area contributed by atoms with E-state index in [4.69, 9.17) is 22.1 Å². The summed E-state index contributed by atoms with van der Waals surface area (Å²) >= 11 is 6.01. The van der Waals surface area contributed by atoms with Gasteiger partial charge in [-0.3, -0.25) is 0 Å². The molecule has 14 heavy (non-hydrogen) atoms. The maximum Gasteiger partial charge on any atom is 0.120 e. The van der Waals surface area contributed by atoms with Crippen LogP contribution >= 0.6 is 11.6 Å². The van der Waals surface area contributed by atoms with Gasteiger partial charge in [-0.25, -0.2) is 0 Å². The Balaban J connectivity index is 2.59. The van der Waals surface area contributed by atoms with E-state index in [9.17, 15) is 0 Å². The molecule has 0 aromatic heterocycles. The highest BCUT2D eigenvalue weighted by molar-refractivity contribution is 6.33. The lowest BCUT2D eigenvalue weighted by Crippen LogP contribution is -2.08. The van der Waals surface area contributed by atoms with Crippen LogP contribution < -0.4 is 15.8 Å². The molecule has 0 radical (unpaired) electrons. The van der Waals surface area contributed by atoms with Crippen LogP contribution in [0.25, 0.3) is 0 Å². The third-order valence-corrected chi connectivity index (χ3v) is 2.19. The summed E-state index contributed by atoms with van der Waals surface area (Å²) in [6.45, 7) is 1.52. The summed E-state index contributed by atoms with van der Waals surface area (Å²) in [7, 11) is 1.62. The molecule has 3 N–H and O–H groups in total. The Morgan fingerprint density at radius 2 is 2.29 bits per heavy atom. The van der Waals surface area contributed by atoms with Crippen LogP contribution in [-0.4, -0.2) is 20.2 Å². The van der Waals surface area contributed by atoms with E-state index in [0.717, 1.165) is 24.4 Å². The average Bonchev–Trinajstić information content (AvgIpc) is 2.20. The van der Waals surface area contributed by atoms with E-state index in [1.807, 2.05) is 12.1 Å². The Bertz CT molecular complexity index is 291. The molecule has 0 heterocycles. The minimum Gasteiger partial charge on any atom is -0.497 e. The fourth-order valence-corrected chi connectivity index (χ4v) is 1.33. The van der Waals surface area contributed by atoms with E-state index in [1.54, 1.807) is 13.2 Å². The lowest BCUT2D eigenvalue weighted by Gasteiger charge is -2.08. The summed E-state index contributed by atoms with van der Waals surface area (Å²) in [5.41, 5.74) is 6.30. The SMILES string of the molecule is COc1ccc(NCCCN)c(Cl)c1. The van der Waals surface area contributed by atoms with Gasteiger partial charge < -0.3 is 15.8 Å². The molecule has 0 aliphatic rings. The molecule has 1 aromatic carbocycles. The first-order valence-corrected chi connectivity index (χ1v) is 4.93. The zero-order chi connectivity index (χ0) is 10.4. The molecule has 0 saturated carbocycles. The molecule has 1 rings (SSSR count). The van der Waals surface area contributed by atoms with Gasteiger partial charge in [0.1, 0.15) is 5.75 Å². The second-order valence-electron chi connectivity index (χ2n) is 2.91. The van der Waals surface area contributed by atoms with Gasteiger partial charge in [0.15, 0.2) is 0 Å². The van der Waals surface area contributed by atoms with Gasteiger partial charge in [-0.2, -0.15) is 0 Å². The molecule has 0 bridgehead atoms. The number of rotatable bonds is 5. The fraction of sp³-hybridized carbons (Fsp3) is 0.400. The normalized spacial score (nSPS) is 9.93. The Hall–Kier alpha value is -0.930. The zero-order valence-electron chi connectivity index (χ0n) is 8.22. The standard InChI is InChI=1S/C10H15ClN2O/c1-14-8-3-4-10(9(11)7-8)13-6-2-5-12/h3-4,7,13H,2,5-6,12H2,1H3. The van der Waals surface area contributed by atoms with Gasteiger partial charge >= 0.3 is 0 Å². The minimum atomic E-state index is 0.668. The number of hydrogen-bond acceptors (Lipinski definition) is 3. The van der Waals surface area contributed by atoms with Crippen LogP contribution in [0.15, 0.2) is 18.2 Å². The summed E-state index contributed by atoms with van der Waals surface area (Å²) < 4.78 is 5.04. The predicted molar refractivity (Wildman–Crippen MR) is 60.2 cm³/mol. The number of anilines is 1. The van der Waals surface area contributed by atoms with E-state index >= 15 is 0 Å². The summed E-state index contributed by atoms with van der Waals surface area (Å²) in [5, 5.41) is 3.87. The first kappa shape index (κ1) is 11.1. The highest BCUT2D eigenvalue weighted by atomic mass is 35.5. The van der Waals surface area contributed by atoms with Crippen molar-refractivity contribution in [3.63, 3.8) is 0 Å². The molecule has 0 amide bonds. The van der Waals surface area contributed by atoms with Gasteiger partial charge in [-0.05, 0) is 25.1 Å². The zero-order valence-corrected chi connectivity index (χ0v) is 8.97. The molecule has 0 atom stereocenters. The Labute approximate surface area is 89.2 Å². The maximum absolute atomic E-state index is 6.01. The smallest absolute Gasteiger partial charge is 0.120 e. The molecule has 0 aliphatic heterocycles. The van der Waals surface area contributed by atoms with E-state index in [0.29, 0.717) is 11.6 Å². The van der Waals surface area contributed by atoms with Gasteiger partial charge in [0.05, 0.1) is 17.8 Å². The molecule has 3 nitrogen and oxygen atoms in total. The van der Waals surface area contributed by atoms with Crippen LogP contribution in [0.3, 0.4) is 0 Å². The van der Waals surface area contributed by atoms with Gasteiger partial charge in [0, 0.05) is 12.6 Å². The summed E-state index contributed by atoms with van der Waals surface area (Å²) in [6.07, 6.45) is 0.933. The highest BCUT2D eigenvalue weighted by Crippen LogP contribution is 2.26. The Morgan fingerprint density at radius 3 is 2.86 bits per heavy atom. The molecule has 0 unspecified atom stereocenters. The highest BCUT2D eigenvalue weighted by Gasteiger charge is 2.00. The van der Waals surface area contributed by atoms with Gasteiger partial charge in [-0.1, -0.05) is 11.6 Å². The van der Waals surface area contributed by atoms with E-state index in [1.165, 1.54) is 0 Å². The monoisotopic (exact) mass is 214 g/mol. The number of nitrogens with one attached hydrogen (secondary N) is 1. The number of nitrogens with two attached hydrogens (primary N) is 1. The van der Waals surface area contributed by atoms with Gasteiger partial charge in [0.2, 0.25) is 0 Å². The number of halogens is 1. The second-order valence-corrected chi connectivity index (χ2v) is 3.32. The molecular weight excluding hydrogens is 200 g/mol. The summed E-state index contributed by atoms with van der Waals surface area (Å²) in [5.74, 6) is 0.763. The van der Waals surface area contributed by atoms with Crippen LogP contribution in [0.1, 0.15) is 6.42 Å². The number of hydrogen-bond donors (Lipinski definition) is 2. The van der Waals surface area contributed by atoms with Crippen molar-refractivity contribution >= 4 is 17.3 Å².